The number of benzene rings is 2. The largest absolute Gasteiger partial charge is 0.506 e. The molecule has 0 aliphatic carbocycles. The van der Waals surface area contributed by atoms with Gasteiger partial charge in [0.2, 0.25) is 0 Å². The van der Waals surface area contributed by atoms with E-state index in [9.17, 15) is 20.0 Å². The Kier molecular flexibility index (Phi) is 4.85. The number of anilines is 1. The molecule has 0 atom stereocenters. The molecule has 1 amide bonds. The summed E-state index contributed by atoms with van der Waals surface area (Å²) in [5.74, 6) is -0.640. The Morgan fingerprint density at radius 2 is 1.96 bits per heavy atom. The lowest BCUT2D eigenvalue weighted by Gasteiger charge is -2.11. The number of amides is 1. The van der Waals surface area contributed by atoms with Crippen LogP contribution in [0.1, 0.15) is 35.5 Å². The van der Waals surface area contributed by atoms with Crippen LogP contribution in [-0.4, -0.2) is 20.5 Å². The number of phenolic OH excluding ortho intramolecular Hbond substituents is 1. The van der Waals surface area contributed by atoms with Gasteiger partial charge in [0.15, 0.2) is 0 Å². The number of hydrogen-bond donors (Lipinski definition) is 2. The number of nitrogens with zero attached hydrogens (tertiary/aromatic N) is 2. The van der Waals surface area contributed by atoms with Crippen molar-refractivity contribution < 1.29 is 14.8 Å². The smallest absolute Gasteiger partial charge is 0.272 e. The zero-order chi connectivity index (χ0) is 19.7. The van der Waals surface area contributed by atoms with Crippen molar-refractivity contribution in [1.82, 2.24) is 4.57 Å². The lowest BCUT2D eigenvalue weighted by molar-refractivity contribution is -0.384. The fraction of sp³-hybridized carbons (Fsp3) is 0.250. The lowest BCUT2D eigenvalue weighted by atomic mass is 10.1. The monoisotopic (exact) mass is 367 g/mol. The third-order valence-corrected chi connectivity index (χ3v) is 4.76. The van der Waals surface area contributed by atoms with Gasteiger partial charge in [0.25, 0.3) is 11.6 Å². The Hall–Kier alpha value is -3.35. The fourth-order valence-electron chi connectivity index (χ4n) is 3.33. The van der Waals surface area contributed by atoms with Crippen LogP contribution in [0.3, 0.4) is 0 Å². The van der Waals surface area contributed by atoms with Crippen LogP contribution in [0.4, 0.5) is 11.4 Å². The van der Waals surface area contributed by atoms with E-state index in [1.165, 1.54) is 17.7 Å². The van der Waals surface area contributed by atoms with Crippen molar-refractivity contribution in [2.45, 2.75) is 33.7 Å². The maximum atomic E-state index is 13.0. The number of nitro groups is 1. The molecule has 0 fully saturated rings. The number of carbonyl (C=O) groups excluding carboxylic acids is 1. The third kappa shape index (κ3) is 3.23. The van der Waals surface area contributed by atoms with Crippen molar-refractivity contribution in [3.05, 3.63) is 63.3 Å². The van der Waals surface area contributed by atoms with E-state index in [1.807, 2.05) is 30.5 Å². The van der Waals surface area contributed by atoms with Crippen LogP contribution in [0.5, 0.6) is 5.75 Å². The molecule has 0 aliphatic rings. The number of rotatable bonds is 5. The lowest BCUT2D eigenvalue weighted by Crippen LogP contribution is -2.18. The highest BCUT2D eigenvalue weighted by molar-refractivity contribution is 6.09. The summed E-state index contributed by atoms with van der Waals surface area (Å²) in [6.07, 6.45) is 0.899. The first kappa shape index (κ1) is 18.4. The summed E-state index contributed by atoms with van der Waals surface area (Å²) in [4.78, 5) is 23.3. The van der Waals surface area contributed by atoms with Crippen LogP contribution < -0.4 is 5.32 Å². The van der Waals surface area contributed by atoms with Crippen molar-refractivity contribution in [2.24, 2.45) is 0 Å². The van der Waals surface area contributed by atoms with Gasteiger partial charge in [-0.05, 0) is 49.6 Å². The first-order valence-corrected chi connectivity index (χ1v) is 8.77. The van der Waals surface area contributed by atoms with E-state index in [2.05, 4.69) is 18.3 Å². The SMILES string of the molecule is CCc1ccc2c(c1)c(C)c(C(=O)Nc1cc([N+](=O)[O-])ccc1O)n2CC. The first-order chi connectivity index (χ1) is 12.9. The van der Waals surface area contributed by atoms with E-state index in [0.717, 1.165) is 29.0 Å². The van der Waals surface area contributed by atoms with Crippen LogP contribution in [0, 0.1) is 17.0 Å². The molecular weight excluding hydrogens is 346 g/mol. The zero-order valence-electron chi connectivity index (χ0n) is 15.4. The molecule has 7 nitrogen and oxygen atoms in total. The quantitative estimate of drug-likeness (QED) is 0.397. The number of non-ortho nitro benzene ring substituents is 1. The Balaban J connectivity index is 2.07. The highest BCUT2D eigenvalue weighted by Crippen LogP contribution is 2.31. The van der Waals surface area contributed by atoms with Gasteiger partial charge in [0, 0.05) is 29.6 Å². The van der Waals surface area contributed by atoms with Crippen molar-refractivity contribution >= 4 is 28.2 Å². The molecule has 0 saturated heterocycles. The molecule has 3 aromatic rings. The first-order valence-electron chi connectivity index (χ1n) is 8.77. The van der Waals surface area contributed by atoms with Gasteiger partial charge in [-0.2, -0.15) is 0 Å². The number of aromatic nitrogens is 1. The number of carbonyl (C=O) groups is 1. The van der Waals surface area contributed by atoms with Gasteiger partial charge in [0.05, 0.1) is 10.6 Å². The molecule has 140 valence electrons. The van der Waals surface area contributed by atoms with Gasteiger partial charge in [-0.15, -0.1) is 0 Å². The summed E-state index contributed by atoms with van der Waals surface area (Å²) in [6, 6.07) is 9.67. The molecule has 0 unspecified atom stereocenters. The fourth-order valence-corrected chi connectivity index (χ4v) is 3.33. The summed E-state index contributed by atoms with van der Waals surface area (Å²) in [6.45, 7) is 6.51. The molecule has 2 aromatic carbocycles. The van der Waals surface area contributed by atoms with Crippen molar-refractivity contribution in [2.75, 3.05) is 5.32 Å². The maximum absolute atomic E-state index is 13.0. The predicted octanol–water partition coefficient (Wildman–Crippen LogP) is 4.40. The molecule has 0 bridgehead atoms. The molecule has 2 N–H and O–H groups in total. The number of hydrogen-bond acceptors (Lipinski definition) is 4. The second-order valence-corrected chi connectivity index (χ2v) is 6.34. The Labute approximate surface area is 156 Å². The van der Waals surface area contributed by atoms with E-state index in [-0.39, 0.29) is 17.1 Å². The maximum Gasteiger partial charge on any atom is 0.272 e. The summed E-state index contributed by atoms with van der Waals surface area (Å²) in [7, 11) is 0. The van der Waals surface area contributed by atoms with Crippen LogP contribution in [0.25, 0.3) is 10.9 Å². The standard InChI is InChI=1S/C20H21N3O4/c1-4-13-6-8-17-15(10-13)12(3)19(22(17)5-2)20(25)21-16-11-14(23(26)27)7-9-18(16)24/h6-11,24H,4-5H2,1-3H3,(H,21,25). The predicted molar refractivity (Wildman–Crippen MR) is 104 cm³/mol. The van der Waals surface area contributed by atoms with Crippen LogP contribution in [-0.2, 0) is 13.0 Å². The highest BCUT2D eigenvalue weighted by Gasteiger charge is 2.21. The summed E-state index contributed by atoms with van der Waals surface area (Å²) in [5.41, 5.74) is 3.26. The summed E-state index contributed by atoms with van der Waals surface area (Å²) < 4.78 is 1.91. The molecule has 7 heteroatoms. The minimum Gasteiger partial charge on any atom is -0.506 e. The van der Waals surface area contributed by atoms with Crippen molar-refractivity contribution in [1.29, 1.82) is 0 Å². The van der Waals surface area contributed by atoms with Crippen LogP contribution in [0.2, 0.25) is 0 Å². The molecule has 0 aliphatic heterocycles. The minimum absolute atomic E-state index is 0.00996. The Morgan fingerprint density at radius 1 is 1.22 bits per heavy atom. The average molecular weight is 367 g/mol. The number of fused-ring (bicyclic) bond motifs is 1. The molecule has 0 spiro atoms. The van der Waals surface area contributed by atoms with Gasteiger partial charge >= 0.3 is 0 Å². The number of nitrogens with one attached hydrogen (secondary N) is 1. The molecule has 3 rings (SSSR count). The van der Waals surface area contributed by atoms with E-state index in [0.29, 0.717) is 12.2 Å². The highest BCUT2D eigenvalue weighted by atomic mass is 16.6. The van der Waals surface area contributed by atoms with E-state index >= 15 is 0 Å². The number of nitro benzene ring substituents is 1. The molecule has 1 heterocycles. The van der Waals surface area contributed by atoms with E-state index in [4.69, 9.17) is 0 Å². The van der Waals surface area contributed by atoms with E-state index in [1.54, 1.807) is 0 Å². The third-order valence-electron chi connectivity index (χ3n) is 4.76. The summed E-state index contributed by atoms with van der Waals surface area (Å²) >= 11 is 0. The molecule has 0 radical (unpaired) electrons. The number of aryl methyl sites for hydroxylation is 3. The van der Waals surface area contributed by atoms with Gasteiger partial charge in [0.1, 0.15) is 11.4 Å². The minimum atomic E-state index is -0.574. The molecule has 1 aromatic heterocycles. The molecule has 27 heavy (non-hydrogen) atoms. The topological polar surface area (TPSA) is 97.4 Å². The van der Waals surface area contributed by atoms with Crippen LogP contribution in [0.15, 0.2) is 36.4 Å². The molecule has 0 saturated carbocycles. The molecular formula is C20H21N3O4. The second kappa shape index (κ2) is 7.11. The van der Waals surface area contributed by atoms with Gasteiger partial charge < -0.3 is 15.0 Å². The number of phenols is 1. The second-order valence-electron chi connectivity index (χ2n) is 6.34. The van der Waals surface area contributed by atoms with Gasteiger partial charge in [-0.3, -0.25) is 14.9 Å². The Morgan fingerprint density at radius 3 is 2.59 bits per heavy atom. The zero-order valence-corrected chi connectivity index (χ0v) is 15.4. The van der Waals surface area contributed by atoms with Gasteiger partial charge in [-0.1, -0.05) is 13.0 Å². The normalized spacial score (nSPS) is 10.9. The Bertz CT molecular complexity index is 1050. The van der Waals surface area contributed by atoms with Gasteiger partial charge in [-0.25, -0.2) is 0 Å². The van der Waals surface area contributed by atoms with Crippen molar-refractivity contribution in [3.8, 4) is 5.75 Å². The van der Waals surface area contributed by atoms with E-state index < -0.39 is 10.8 Å². The summed E-state index contributed by atoms with van der Waals surface area (Å²) in [5, 5.41) is 24.5. The van der Waals surface area contributed by atoms with Crippen LogP contribution >= 0.6 is 0 Å². The van der Waals surface area contributed by atoms with Crippen molar-refractivity contribution in [3.63, 3.8) is 0 Å². The average Bonchev–Trinajstić information content (AvgIpc) is 2.94. The number of aromatic hydroxyl groups is 1.